The number of hydrogen-bond acceptors (Lipinski definition) is 3. The quantitative estimate of drug-likeness (QED) is 0.820. The minimum atomic E-state index is -0.118. The first-order chi connectivity index (χ1) is 13.5. The number of likely N-dealkylation sites (tertiary alicyclic amines) is 2. The highest BCUT2D eigenvalue weighted by molar-refractivity contribution is 5.93. The summed E-state index contributed by atoms with van der Waals surface area (Å²) >= 11 is 0. The van der Waals surface area contributed by atoms with E-state index in [1.54, 1.807) is 0 Å². The largest absolute Gasteiger partial charge is 0.326 e. The van der Waals surface area contributed by atoms with Gasteiger partial charge in [0.05, 0.1) is 0 Å². The van der Waals surface area contributed by atoms with Crippen LogP contribution in [-0.2, 0) is 4.79 Å². The molecule has 3 amide bonds. The molecule has 6 nitrogen and oxygen atoms in total. The number of anilines is 2. The predicted octanol–water partition coefficient (Wildman–Crippen LogP) is 4.07. The average molecular weight is 387 g/mol. The fraction of sp³-hybridized carbons (Fsp3) is 0.636. The second-order valence-corrected chi connectivity index (χ2v) is 8.29. The van der Waals surface area contributed by atoms with Crippen LogP contribution >= 0.6 is 0 Å². The first-order valence-corrected chi connectivity index (χ1v) is 10.7. The summed E-state index contributed by atoms with van der Waals surface area (Å²) in [5.74, 6) is 0.583. The number of nitrogens with one attached hydrogen (secondary N) is 2. The molecule has 2 aliphatic rings. The minimum absolute atomic E-state index is 0.0451. The monoisotopic (exact) mass is 386 g/mol. The Hall–Kier alpha value is -2.08. The molecule has 0 unspecified atom stereocenters. The van der Waals surface area contributed by atoms with Crippen LogP contribution in [0.15, 0.2) is 18.2 Å². The van der Waals surface area contributed by atoms with Gasteiger partial charge >= 0.3 is 6.03 Å². The fourth-order valence-corrected chi connectivity index (χ4v) is 4.23. The van der Waals surface area contributed by atoms with Crippen molar-refractivity contribution in [1.29, 1.82) is 0 Å². The number of aryl methyl sites for hydroxylation is 1. The number of carbonyl (C=O) groups is 2. The van der Waals surface area contributed by atoms with E-state index in [4.69, 9.17) is 0 Å². The van der Waals surface area contributed by atoms with E-state index in [-0.39, 0.29) is 11.9 Å². The van der Waals surface area contributed by atoms with Crippen molar-refractivity contribution in [2.45, 2.75) is 52.4 Å². The molecule has 0 aliphatic carbocycles. The zero-order valence-electron chi connectivity index (χ0n) is 17.3. The van der Waals surface area contributed by atoms with Crippen LogP contribution < -0.4 is 10.6 Å². The van der Waals surface area contributed by atoms with E-state index < -0.39 is 0 Å². The van der Waals surface area contributed by atoms with Gasteiger partial charge in [-0.3, -0.25) is 4.79 Å². The third-order valence-corrected chi connectivity index (χ3v) is 5.92. The summed E-state index contributed by atoms with van der Waals surface area (Å²) < 4.78 is 0. The van der Waals surface area contributed by atoms with Crippen molar-refractivity contribution in [3.05, 3.63) is 23.8 Å². The summed E-state index contributed by atoms with van der Waals surface area (Å²) in [4.78, 5) is 28.5. The molecule has 0 radical (unpaired) electrons. The summed E-state index contributed by atoms with van der Waals surface area (Å²) in [5.41, 5.74) is 2.44. The van der Waals surface area contributed by atoms with Gasteiger partial charge in [-0.1, -0.05) is 18.9 Å². The van der Waals surface area contributed by atoms with E-state index in [9.17, 15) is 9.59 Å². The summed E-state index contributed by atoms with van der Waals surface area (Å²) in [6.45, 7) is 8.74. The van der Waals surface area contributed by atoms with E-state index in [2.05, 4.69) is 15.5 Å². The molecule has 2 aliphatic heterocycles. The molecule has 0 saturated carbocycles. The second-order valence-electron chi connectivity index (χ2n) is 8.29. The number of hydrogen-bond donors (Lipinski definition) is 2. The summed E-state index contributed by atoms with van der Waals surface area (Å²) in [5, 5.41) is 5.79. The van der Waals surface area contributed by atoms with Crippen molar-refractivity contribution < 1.29 is 9.59 Å². The molecule has 28 heavy (non-hydrogen) atoms. The molecule has 2 N–H and O–H groups in total. The Kier molecular flexibility index (Phi) is 7.31. The van der Waals surface area contributed by atoms with Crippen molar-refractivity contribution in [1.82, 2.24) is 9.80 Å². The maximum Gasteiger partial charge on any atom is 0.321 e. The minimum Gasteiger partial charge on any atom is -0.326 e. The molecule has 2 heterocycles. The molecular formula is C22H34N4O2. The van der Waals surface area contributed by atoms with Crippen molar-refractivity contribution >= 4 is 23.3 Å². The normalized spacial score (nSPS) is 19.1. The lowest BCUT2D eigenvalue weighted by Gasteiger charge is -2.34. The molecule has 0 aromatic heterocycles. The first kappa shape index (κ1) is 20.6. The summed E-state index contributed by atoms with van der Waals surface area (Å²) in [6.07, 6.45) is 7.56. The third kappa shape index (κ3) is 5.96. The smallest absolute Gasteiger partial charge is 0.321 e. The lowest BCUT2D eigenvalue weighted by molar-refractivity contribution is -0.114. The van der Waals surface area contributed by atoms with Gasteiger partial charge in [0.2, 0.25) is 5.91 Å². The van der Waals surface area contributed by atoms with Crippen LogP contribution in [0, 0.1) is 12.8 Å². The van der Waals surface area contributed by atoms with Crippen LogP contribution in [0.5, 0.6) is 0 Å². The Labute approximate surface area is 168 Å². The number of carbonyl (C=O) groups excluding carboxylic acids is 2. The molecule has 2 saturated heterocycles. The molecule has 2 fully saturated rings. The molecular weight excluding hydrogens is 352 g/mol. The highest BCUT2D eigenvalue weighted by Crippen LogP contribution is 2.23. The van der Waals surface area contributed by atoms with Crippen LogP contribution in [0.2, 0.25) is 0 Å². The number of nitrogens with zero attached hydrogens (tertiary/aromatic N) is 2. The maximum absolute atomic E-state index is 12.7. The predicted molar refractivity (Wildman–Crippen MR) is 114 cm³/mol. The van der Waals surface area contributed by atoms with Crippen molar-refractivity contribution in [2.75, 3.05) is 43.4 Å². The summed E-state index contributed by atoms with van der Waals surface area (Å²) in [7, 11) is 0. The average Bonchev–Trinajstić information content (AvgIpc) is 2.93. The number of piperidine rings is 1. The van der Waals surface area contributed by atoms with E-state index in [0.717, 1.165) is 37.2 Å². The number of urea groups is 1. The topological polar surface area (TPSA) is 64.7 Å². The molecule has 154 valence electrons. The van der Waals surface area contributed by atoms with Gasteiger partial charge in [-0.2, -0.15) is 0 Å². The van der Waals surface area contributed by atoms with Gasteiger partial charge < -0.3 is 20.4 Å². The lowest BCUT2D eigenvalue weighted by atomic mass is 9.96. The van der Waals surface area contributed by atoms with Crippen molar-refractivity contribution in [3.8, 4) is 0 Å². The Morgan fingerprint density at radius 3 is 2.32 bits per heavy atom. The van der Waals surface area contributed by atoms with Gasteiger partial charge in [0.15, 0.2) is 0 Å². The van der Waals surface area contributed by atoms with Crippen molar-refractivity contribution in [2.24, 2.45) is 5.92 Å². The zero-order valence-corrected chi connectivity index (χ0v) is 17.3. The Morgan fingerprint density at radius 2 is 1.68 bits per heavy atom. The zero-order chi connectivity index (χ0) is 19.9. The van der Waals surface area contributed by atoms with Gasteiger partial charge in [-0.15, -0.1) is 0 Å². The molecule has 0 spiro atoms. The van der Waals surface area contributed by atoms with Crippen LogP contribution in [-0.4, -0.2) is 54.5 Å². The van der Waals surface area contributed by atoms with Crippen LogP contribution in [0.1, 0.15) is 51.0 Å². The van der Waals surface area contributed by atoms with Gasteiger partial charge in [-0.25, -0.2) is 4.79 Å². The maximum atomic E-state index is 12.7. The highest BCUT2D eigenvalue weighted by atomic mass is 16.2. The Morgan fingerprint density at radius 1 is 1.00 bits per heavy atom. The molecule has 1 aromatic carbocycles. The fourth-order valence-electron chi connectivity index (χ4n) is 4.23. The van der Waals surface area contributed by atoms with E-state index in [1.807, 2.05) is 30.0 Å². The van der Waals surface area contributed by atoms with Gasteiger partial charge in [0.25, 0.3) is 0 Å². The third-order valence-electron chi connectivity index (χ3n) is 5.92. The van der Waals surface area contributed by atoms with E-state index in [0.29, 0.717) is 11.6 Å². The molecule has 6 heteroatoms. The molecule has 1 aromatic rings. The van der Waals surface area contributed by atoms with Crippen LogP contribution in [0.3, 0.4) is 0 Å². The molecule has 0 atom stereocenters. The van der Waals surface area contributed by atoms with Crippen LogP contribution in [0.25, 0.3) is 0 Å². The standard InChI is InChI=1S/C22H34N4O2/c1-17-7-8-20(23-18(2)27)15-21(17)24-22(28)26-13-9-19(10-14-26)16-25-11-5-3-4-6-12-25/h7-8,15,19H,3-6,9-14,16H2,1-2H3,(H,23,27)(H,24,28). The van der Waals surface area contributed by atoms with E-state index >= 15 is 0 Å². The Bertz CT molecular complexity index is 675. The molecule has 3 rings (SSSR count). The molecule has 0 bridgehead atoms. The van der Waals surface area contributed by atoms with Crippen LogP contribution in [0.4, 0.5) is 16.2 Å². The summed E-state index contributed by atoms with van der Waals surface area (Å²) in [6, 6.07) is 5.53. The second kappa shape index (κ2) is 9.92. The van der Waals surface area contributed by atoms with Gasteiger partial charge in [-0.05, 0) is 69.3 Å². The first-order valence-electron chi connectivity index (χ1n) is 10.7. The SMILES string of the molecule is CC(=O)Nc1ccc(C)c(NC(=O)N2CCC(CN3CCCCCC3)CC2)c1. The Balaban J connectivity index is 1.49. The number of amides is 3. The lowest BCUT2D eigenvalue weighted by Crippen LogP contribution is -2.43. The van der Waals surface area contributed by atoms with Gasteiger partial charge in [0.1, 0.15) is 0 Å². The van der Waals surface area contributed by atoms with Crippen molar-refractivity contribution in [3.63, 3.8) is 0 Å². The number of rotatable bonds is 4. The van der Waals surface area contributed by atoms with Gasteiger partial charge in [0, 0.05) is 37.9 Å². The highest BCUT2D eigenvalue weighted by Gasteiger charge is 2.25. The number of benzene rings is 1. The van der Waals surface area contributed by atoms with E-state index in [1.165, 1.54) is 52.2 Å².